The van der Waals surface area contributed by atoms with Crippen LogP contribution in [-0.4, -0.2) is 28.1 Å². The maximum atomic E-state index is 12.0. The topological polar surface area (TPSA) is 92.2 Å². The van der Waals surface area contributed by atoms with Gasteiger partial charge in [0.25, 0.3) is 0 Å². The fourth-order valence-corrected chi connectivity index (χ4v) is 2.06. The molecule has 106 valence electrons. The van der Waals surface area contributed by atoms with Crippen molar-refractivity contribution >= 4 is 11.9 Å². The number of carbonyl (C=O) groups excluding carboxylic acids is 1. The molecule has 1 aliphatic heterocycles. The summed E-state index contributed by atoms with van der Waals surface area (Å²) < 4.78 is 5.35. The molecule has 0 aromatic carbocycles. The number of nitrogen functional groups attached to an aromatic ring is 1. The first kappa shape index (κ1) is 14.1. The van der Waals surface area contributed by atoms with Gasteiger partial charge >= 0.3 is 6.09 Å². The highest BCUT2D eigenvalue weighted by molar-refractivity contribution is 5.68. The van der Waals surface area contributed by atoms with Gasteiger partial charge in [-0.3, -0.25) is 0 Å². The lowest BCUT2D eigenvalue weighted by Crippen LogP contribution is -2.40. The summed E-state index contributed by atoms with van der Waals surface area (Å²) >= 11 is 0. The lowest BCUT2D eigenvalue weighted by Gasteiger charge is -2.30. The normalized spacial score (nSPS) is 14.4. The van der Waals surface area contributed by atoms with Gasteiger partial charge in [0.1, 0.15) is 17.5 Å². The van der Waals surface area contributed by atoms with E-state index in [0.29, 0.717) is 25.1 Å². The summed E-state index contributed by atoms with van der Waals surface area (Å²) in [6, 6.07) is 3.71. The molecule has 0 fully saturated rings. The Hall–Kier alpha value is -2.29. The number of ether oxygens (including phenoxy) is 1. The molecule has 2 heterocycles. The van der Waals surface area contributed by atoms with Crippen LogP contribution in [0.5, 0.6) is 0 Å². The Bertz CT molecular complexity index is 584. The van der Waals surface area contributed by atoms with Gasteiger partial charge in [-0.25, -0.2) is 9.78 Å². The highest BCUT2D eigenvalue weighted by atomic mass is 16.6. The van der Waals surface area contributed by atoms with Gasteiger partial charge in [0.05, 0.1) is 12.1 Å². The molecular formula is C14H18N4O2. The summed E-state index contributed by atoms with van der Waals surface area (Å²) in [6.07, 6.45) is 0.267. The number of nitrogens with zero attached hydrogens (tertiary/aromatic N) is 3. The third-order valence-corrected chi connectivity index (χ3v) is 2.97. The first-order chi connectivity index (χ1) is 9.30. The number of hydrogen-bond acceptors (Lipinski definition) is 5. The van der Waals surface area contributed by atoms with Crippen LogP contribution < -0.4 is 5.73 Å². The molecule has 0 unspecified atom stereocenters. The van der Waals surface area contributed by atoms with Crippen molar-refractivity contribution in [1.82, 2.24) is 9.88 Å². The molecule has 6 nitrogen and oxygen atoms in total. The molecule has 2 N–H and O–H groups in total. The van der Waals surface area contributed by atoms with Gasteiger partial charge in [-0.2, -0.15) is 5.26 Å². The zero-order valence-electron chi connectivity index (χ0n) is 11.9. The number of hydrogen-bond donors (Lipinski definition) is 1. The molecule has 2 rings (SSSR count). The monoisotopic (exact) mass is 274 g/mol. The van der Waals surface area contributed by atoms with Crippen molar-refractivity contribution in [3.63, 3.8) is 0 Å². The van der Waals surface area contributed by atoms with Crippen LogP contribution in [0.4, 0.5) is 10.6 Å². The number of aromatic nitrogens is 1. The Balaban J connectivity index is 2.19. The highest BCUT2D eigenvalue weighted by Gasteiger charge is 2.26. The predicted molar refractivity (Wildman–Crippen MR) is 73.7 cm³/mol. The van der Waals surface area contributed by atoms with Crippen LogP contribution in [0.1, 0.15) is 37.6 Å². The average molecular weight is 274 g/mol. The second-order valence-corrected chi connectivity index (χ2v) is 5.79. The number of pyridine rings is 1. The molecule has 0 bridgehead atoms. The molecule has 20 heavy (non-hydrogen) atoms. The lowest BCUT2D eigenvalue weighted by molar-refractivity contribution is 0.0223. The van der Waals surface area contributed by atoms with Crippen molar-refractivity contribution in [3.05, 3.63) is 22.9 Å². The molecule has 0 aliphatic carbocycles. The summed E-state index contributed by atoms with van der Waals surface area (Å²) in [5, 5.41) is 8.97. The van der Waals surface area contributed by atoms with Crippen molar-refractivity contribution < 1.29 is 9.53 Å². The van der Waals surface area contributed by atoms with Crippen molar-refractivity contribution in [3.8, 4) is 6.07 Å². The van der Waals surface area contributed by atoms with Crippen molar-refractivity contribution in [2.45, 2.75) is 39.3 Å². The average Bonchev–Trinajstić information content (AvgIpc) is 2.35. The molecule has 0 atom stereocenters. The SMILES string of the molecule is CC(C)(C)OC(=O)N1CCc2nc(N)c(C#N)cc2C1. The molecule has 6 heteroatoms. The maximum Gasteiger partial charge on any atom is 0.410 e. The fourth-order valence-electron chi connectivity index (χ4n) is 2.06. The summed E-state index contributed by atoms with van der Waals surface area (Å²) in [5.41, 5.74) is 7.22. The van der Waals surface area contributed by atoms with E-state index in [4.69, 9.17) is 15.7 Å². The molecule has 1 amide bonds. The smallest absolute Gasteiger partial charge is 0.410 e. The first-order valence-electron chi connectivity index (χ1n) is 6.46. The van der Waals surface area contributed by atoms with Gasteiger partial charge in [0.15, 0.2) is 0 Å². The molecule has 0 saturated heterocycles. The Morgan fingerprint density at radius 1 is 1.55 bits per heavy atom. The largest absolute Gasteiger partial charge is 0.444 e. The summed E-state index contributed by atoms with van der Waals surface area (Å²) in [5.74, 6) is 0.247. The van der Waals surface area contributed by atoms with Crippen LogP contribution in [0, 0.1) is 11.3 Å². The molecule has 0 saturated carbocycles. The highest BCUT2D eigenvalue weighted by Crippen LogP contribution is 2.22. The van der Waals surface area contributed by atoms with Crippen LogP contribution in [0.25, 0.3) is 0 Å². The quantitative estimate of drug-likeness (QED) is 0.779. The minimum absolute atomic E-state index is 0.247. The molecule has 1 aliphatic rings. The summed E-state index contributed by atoms with van der Waals surface area (Å²) in [7, 11) is 0. The van der Waals surface area contributed by atoms with Gasteiger partial charge in [0, 0.05) is 18.7 Å². The number of fused-ring (bicyclic) bond motifs is 1. The van der Waals surface area contributed by atoms with E-state index in [1.165, 1.54) is 0 Å². The van der Waals surface area contributed by atoms with Crippen LogP contribution >= 0.6 is 0 Å². The van der Waals surface area contributed by atoms with Gasteiger partial charge in [-0.05, 0) is 32.4 Å². The first-order valence-corrected chi connectivity index (χ1v) is 6.46. The minimum Gasteiger partial charge on any atom is -0.444 e. The second kappa shape index (κ2) is 5.00. The molecule has 0 radical (unpaired) electrons. The van der Waals surface area contributed by atoms with E-state index < -0.39 is 5.60 Å². The number of carbonyl (C=O) groups is 1. The minimum atomic E-state index is -0.519. The van der Waals surface area contributed by atoms with E-state index in [1.807, 2.05) is 26.8 Å². The zero-order chi connectivity index (χ0) is 14.9. The number of anilines is 1. The predicted octanol–water partition coefficient (Wildman–Crippen LogP) is 1.83. The van der Waals surface area contributed by atoms with Crippen LogP contribution in [-0.2, 0) is 17.7 Å². The third kappa shape index (κ3) is 2.99. The van der Waals surface area contributed by atoms with Crippen LogP contribution in [0.3, 0.4) is 0 Å². The van der Waals surface area contributed by atoms with E-state index in [1.54, 1.807) is 11.0 Å². The van der Waals surface area contributed by atoms with Gasteiger partial charge in [0.2, 0.25) is 0 Å². The second-order valence-electron chi connectivity index (χ2n) is 5.79. The Morgan fingerprint density at radius 2 is 2.25 bits per heavy atom. The summed E-state index contributed by atoms with van der Waals surface area (Å²) in [4.78, 5) is 17.9. The molecule has 0 spiro atoms. The van der Waals surface area contributed by atoms with E-state index in [2.05, 4.69) is 4.98 Å². The fraction of sp³-hybridized carbons (Fsp3) is 0.500. The van der Waals surface area contributed by atoms with Gasteiger partial charge < -0.3 is 15.4 Å². The Labute approximate surface area is 118 Å². The van der Waals surface area contributed by atoms with E-state index in [0.717, 1.165) is 11.3 Å². The van der Waals surface area contributed by atoms with Crippen molar-refractivity contribution in [2.75, 3.05) is 12.3 Å². The Morgan fingerprint density at radius 3 is 2.85 bits per heavy atom. The van der Waals surface area contributed by atoms with E-state index >= 15 is 0 Å². The number of nitrogens with two attached hydrogens (primary N) is 1. The van der Waals surface area contributed by atoms with Gasteiger partial charge in [-0.1, -0.05) is 0 Å². The number of amides is 1. The van der Waals surface area contributed by atoms with Crippen LogP contribution in [0.15, 0.2) is 6.07 Å². The summed E-state index contributed by atoms with van der Waals surface area (Å²) in [6.45, 7) is 6.43. The van der Waals surface area contributed by atoms with Crippen molar-refractivity contribution in [1.29, 1.82) is 5.26 Å². The number of rotatable bonds is 0. The maximum absolute atomic E-state index is 12.0. The number of nitriles is 1. The molecule has 1 aromatic rings. The van der Waals surface area contributed by atoms with Crippen molar-refractivity contribution in [2.24, 2.45) is 0 Å². The molecule has 1 aromatic heterocycles. The van der Waals surface area contributed by atoms with Crippen LogP contribution in [0.2, 0.25) is 0 Å². The van der Waals surface area contributed by atoms with E-state index in [-0.39, 0.29) is 11.9 Å². The molecular weight excluding hydrogens is 256 g/mol. The van der Waals surface area contributed by atoms with Gasteiger partial charge in [-0.15, -0.1) is 0 Å². The zero-order valence-corrected chi connectivity index (χ0v) is 11.9. The van der Waals surface area contributed by atoms with E-state index in [9.17, 15) is 4.79 Å². The third-order valence-electron chi connectivity index (χ3n) is 2.97. The lowest BCUT2D eigenvalue weighted by atomic mass is 10.0. The Kier molecular flexibility index (Phi) is 3.53. The standard InChI is InChI=1S/C14H18N4O2/c1-14(2,3)20-13(19)18-5-4-11-10(8-18)6-9(7-15)12(16)17-11/h6H,4-5,8H2,1-3H3,(H2,16,17).